The second-order valence-corrected chi connectivity index (χ2v) is 10.4. The molecule has 3 aliphatic rings. The number of aromatic nitrogens is 2. The van der Waals surface area contributed by atoms with E-state index >= 15 is 0 Å². The molecule has 0 unspecified atom stereocenters. The Kier molecular flexibility index (Phi) is 7.10. The zero-order chi connectivity index (χ0) is 24.5. The van der Waals surface area contributed by atoms with E-state index in [2.05, 4.69) is 4.98 Å². The Morgan fingerprint density at radius 2 is 1.77 bits per heavy atom. The molecule has 1 aromatic carbocycles. The Bertz CT molecular complexity index is 1130. The molecule has 35 heavy (non-hydrogen) atoms. The number of rotatable bonds is 8. The van der Waals surface area contributed by atoms with Crippen molar-refractivity contribution >= 4 is 35.3 Å². The maximum Gasteiger partial charge on any atom is 0.355 e. The van der Waals surface area contributed by atoms with Crippen LogP contribution in [0.15, 0.2) is 17.2 Å². The van der Waals surface area contributed by atoms with Crippen LogP contribution in [0.2, 0.25) is 5.02 Å². The van der Waals surface area contributed by atoms with Crippen LogP contribution in [-0.4, -0.2) is 57.0 Å². The maximum absolute atomic E-state index is 12.4. The Morgan fingerprint density at radius 3 is 2.43 bits per heavy atom. The maximum atomic E-state index is 12.4. The predicted octanol–water partition coefficient (Wildman–Crippen LogP) is 4.18. The van der Waals surface area contributed by atoms with Crippen molar-refractivity contribution in [2.24, 2.45) is 5.92 Å². The minimum Gasteiger partial charge on any atom is -0.481 e. The largest absolute Gasteiger partial charge is 0.481 e. The molecule has 3 heterocycles. The van der Waals surface area contributed by atoms with E-state index in [4.69, 9.17) is 35.7 Å². The monoisotopic (exact) mass is 524 g/mol. The van der Waals surface area contributed by atoms with Crippen molar-refractivity contribution in [3.8, 4) is 11.5 Å². The van der Waals surface area contributed by atoms with Crippen molar-refractivity contribution in [1.29, 1.82) is 0 Å². The zero-order valence-electron chi connectivity index (χ0n) is 18.8. The molecule has 188 valence electrons. The molecule has 0 atom stereocenters. The van der Waals surface area contributed by atoms with Gasteiger partial charge < -0.3 is 33.7 Å². The molecule has 0 amide bonds. The molecule has 2 aliphatic heterocycles. The smallest absolute Gasteiger partial charge is 0.355 e. The minimum absolute atomic E-state index is 0.0468. The van der Waals surface area contributed by atoms with Crippen LogP contribution in [0.5, 0.6) is 11.5 Å². The number of nitrogens with zero attached hydrogens (tertiary/aromatic N) is 2. The van der Waals surface area contributed by atoms with Crippen molar-refractivity contribution in [3.63, 3.8) is 0 Å². The summed E-state index contributed by atoms with van der Waals surface area (Å²) in [6.45, 7) is 1.02. The van der Waals surface area contributed by atoms with E-state index in [1.165, 1.54) is 11.8 Å². The van der Waals surface area contributed by atoms with Crippen molar-refractivity contribution in [1.82, 2.24) is 9.55 Å². The zero-order valence-corrected chi connectivity index (χ0v) is 20.3. The molecule has 1 saturated heterocycles. The van der Waals surface area contributed by atoms with E-state index in [1.54, 1.807) is 16.7 Å². The molecular weight excluding hydrogens is 500 g/mol. The fourth-order valence-electron chi connectivity index (χ4n) is 4.69. The van der Waals surface area contributed by atoms with Gasteiger partial charge in [0.15, 0.2) is 23.0 Å². The minimum atomic E-state index is -1.11. The molecule has 0 radical (unpaired) electrons. The fourth-order valence-corrected chi connectivity index (χ4v) is 6.19. The van der Waals surface area contributed by atoms with E-state index in [-0.39, 0.29) is 36.6 Å². The van der Waals surface area contributed by atoms with Crippen LogP contribution in [0.4, 0.5) is 0 Å². The van der Waals surface area contributed by atoms with Gasteiger partial charge in [-0.25, -0.2) is 9.78 Å². The number of hydrogen-bond acceptors (Lipinski definition) is 8. The molecule has 10 nitrogen and oxygen atoms in total. The van der Waals surface area contributed by atoms with Gasteiger partial charge >= 0.3 is 11.9 Å². The van der Waals surface area contributed by atoms with Crippen LogP contribution in [0.25, 0.3) is 0 Å². The van der Waals surface area contributed by atoms with Crippen LogP contribution in [0.1, 0.15) is 60.3 Å². The molecule has 2 fully saturated rings. The molecule has 0 bridgehead atoms. The normalized spacial score (nSPS) is 22.0. The molecule has 0 spiro atoms. The summed E-state index contributed by atoms with van der Waals surface area (Å²) in [5.74, 6) is -0.276. The topological polar surface area (TPSA) is 129 Å². The molecule has 1 aliphatic carbocycles. The van der Waals surface area contributed by atoms with Gasteiger partial charge in [-0.2, -0.15) is 0 Å². The highest BCUT2D eigenvalue weighted by molar-refractivity contribution is 7.99. The van der Waals surface area contributed by atoms with Gasteiger partial charge in [0.25, 0.3) is 0 Å². The molecule has 5 rings (SSSR count). The quantitative estimate of drug-likeness (QED) is 0.518. The SMILES string of the molecule is O=C(O)C[C@H]1CC[C@H](Sc2nc(C3OCCO3)n(Cc3cc4c(cc3Cl)OCO4)c2C(=O)O)CC1. The van der Waals surface area contributed by atoms with Gasteiger partial charge in [0, 0.05) is 22.8 Å². The Hall–Kier alpha value is -2.47. The van der Waals surface area contributed by atoms with Crippen molar-refractivity contribution < 1.29 is 38.7 Å². The van der Waals surface area contributed by atoms with E-state index in [0.29, 0.717) is 46.1 Å². The average molecular weight is 525 g/mol. The van der Waals surface area contributed by atoms with Gasteiger partial charge in [0.2, 0.25) is 13.1 Å². The summed E-state index contributed by atoms with van der Waals surface area (Å²) in [5, 5.41) is 20.2. The first kappa shape index (κ1) is 24.2. The second kappa shape index (κ2) is 10.3. The highest BCUT2D eigenvalue weighted by Gasteiger charge is 2.33. The third-order valence-electron chi connectivity index (χ3n) is 6.41. The van der Waals surface area contributed by atoms with Crippen LogP contribution >= 0.6 is 23.4 Å². The molecule has 2 N–H and O–H groups in total. The molecule has 1 aromatic heterocycles. The first-order valence-electron chi connectivity index (χ1n) is 11.4. The first-order chi connectivity index (χ1) is 16.9. The third-order valence-corrected chi connectivity index (χ3v) is 8.07. The summed E-state index contributed by atoms with van der Waals surface area (Å²) < 4.78 is 23.8. The summed E-state index contributed by atoms with van der Waals surface area (Å²) in [4.78, 5) is 28.2. The number of fused-ring (bicyclic) bond motifs is 1. The van der Waals surface area contributed by atoms with Crippen molar-refractivity contribution in [3.05, 3.63) is 34.2 Å². The number of aromatic carboxylic acids is 1. The Morgan fingerprint density at radius 1 is 1.09 bits per heavy atom. The van der Waals surface area contributed by atoms with Crippen LogP contribution in [0, 0.1) is 5.92 Å². The Balaban J connectivity index is 1.44. The van der Waals surface area contributed by atoms with Crippen LogP contribution in [-0.2, 0) is 20.8 Å². The third kappa shape index (κ3) is 5.23. The number of thioether (sulfide) groups is 1. The number of halogens is 1. The lowest BCUT2D eigenvalue weighted by molar-refractivity contribution is -0.138. The lowest BCUT2D eigenvalue weighted by atomic mass is 9.87. The number of carbonyl (C=O) groups is 2. The summed E-state index contributed by atoms with van der Waals surface area (Å²) >= 11 is 7.91. The number of ether oxygens (including phenoxy) is 4. The molecule has 2 aromatic rings. The van der Waals surface area contributed by atoms with Crippen LogP contribution < -0.4 is 9.47 Å². The van der Waals surface area contributed by atoms with Gasteiger partial charge in [-0.3, -0.25) is 4.79 Å². The number of benzene rings is 1. The second-order valence-electron chi connectivity index (χ2n) is 8.74. The van der Waals surface area contributed by atoms with Gasteiger partial charge in [-0.1, -0.05) is 11.6 Å². The highest BCUT2D eigenvalue weighted by Crippen LogP contribution is 2.41. The number of imidazole rings is 1. The lowest BCUT2D eigenvalue weighted by Crippen LogP contribution is -2.19. The predicted molar refractivity (Wildman–Crippen MR) is 124 cm³/mol. The molecule has 1 saturated carbocycles. The van der Waals surface area contributed by atoms with E-state index in [1.807, 2.05) is 0 Å². The van der Waals surface area contributed by atoms with Crippen LogP contribution in [0.3, 0.4) is 0 Å². The fraction of sp³-hybridized carbons (Fsp3) is 0.522. The van der Waals surface area contributed by atoms with Gasteiger partial charge in [-0.05, 0) is 43.2 Å². The van der Waals surface area contributed by atoms with E-state index in [9.17, 15) is 14.7 Å². The first-order valence-corrected chi connectivity index (χ1v) is 12.7. The Labute approximate surface area is 210 Å². The van der Waals surface area contributed by atoms with Gasteiger partial charge in [-0.15, -0.1) is 11.8 Å². The summed E-state index contributed by atoms with van der Waals surface area (Å²) in [7, 11) is 0. The number of hydrogen-bond donors (Lipinski definition) is 2. The van der Waals surface area contributed by atoms with E-state index < -0.39 is 18.2 Å². The number of carboxylic acid groups (broad SMARTS) is 2. The number of carboxylic acids is 2. The van der Waals surface area contributed by atoms with Gasteiger partial charge in [0.1, 0.15) is 5.03 Å². The molecular formula is C23H25ClN2O8S. The lowest BCUT2D eigenvalue weighted by Gasteiger charge is -2.26. The summed E-state index contributed by atoms with van der Waals surface area (Å²) in [5.41, 5.74) is 0.700. The van der Waals surface area contributed by atoms with Crippen molar-refractivity contribution in [2.45, 2.75) is 55.2 Å². The summed E-state index contributed by atoms with van der Waals surface area (Å²) in [6.07, 6.45) is 2.58. The van der Waals surface area contributed by atoms with Gasteiger partial charge in [0.05, 0.1) is 19.8 Å². The van der Waals surface area contributed by atoms with E-state index in [0.717, 1.165) is 25.7 Å². The van der Waals surface area contributed by atoms with Crippen molar-refractivity contribution in [2.75, 3.05) is 20.0 Å². The number of aliphatic carboxylic acids is 1. The standard InChI is InChI=1S/C23H25ClN2O8S/c24-15-9-17-16(33-11-34-17)8-13(15)10-26-19(22(29)30)21(25-20(26)23-31-5-6-32-23)35-14-3-1-12(2-4-14)7-18(27)28/h8-9,12,14,23H,1-7,10-11H2,(H,27,28)(H,29,30)/t12-,14-. The summed E-state index contributed by atoms with van der Waals surface area (Å²) in [6, 6.07) is 3.40. The molecule has 12 heteroatoms. The highest BCUT2D eigenvalue weighted by atomic mass is 35.5. The average Bonchev–Trinajstić information content (AvgIpc) is 3.55.